The first-order chi connectivity index (χ1) is 14.2. The molecule has 4 aromatic rings. The maximum absolute atomic E-state index is 12.9. The van der Waals surface area contributed by atoms with Gasteiger partial charge in [-0.15, -0.1) is 21.5 Å². The van der Waals surface area contributed by atoms with E-state index < -0.39 is 0 Å². The fourth-order valence-electron chi connectivity index (χ4n) is 3.84. The van der Waals surface area contributed by atoms with Crippen LogP contribution in [0, 0.1) is 0 Å². The summed E-state index contributed by atoms with van der Waals surface area (Å²) in [5, 5.41) is 11.8. The number of pyridine rings is 1. The Labute approximate surface area is 170 Å². The van der Waals surface area contributed by atoms with Gasteiger partial charge in [0.1, 0.15) is 4.83 Å². The van der Waals surface area contributed by atoms with Gasteiger partial charge in [-0.1, -0.05) is 6.07 Å². The molecule has 0 bridgehead atoms. The normalized spacial score (nSPS) is 13.7. The number of carbonyl (C=O) groups is 1. The van der Waals surface area contributed by atoms with Gasteiger partial charge in [0.05, 0.1) is 18.3 Å². The van der Waals surface area contributed by atoms with Crippen molar-refractivity contribution in [2.45, 2.75) is 45.2 Å². The number of hydrogen-bond donors (Lipinski definition) is 1. The molecule has 29 heavy (non-hydrogen) atoms. The molecule has 5 rings (SSSR count). The van der Waals surface area contributed by atoms with Crippen LogP contribution in [0.3, 0.4) is 0 Å². The number of thiophene rings is 1. The largest absolute Gasteiger partial charge is 0.349 e. The molecular weight excluding hydrogens is 388 g/mol. The summed E-state index contributed by atoms with van der Waals surface area (Å²) in [5.41, 5.74) is 1.87. The smallest absolute Gasteiger partial charge is 0.262 e. The van der Waals surface area contributed by atoms with Crippen molar-refractivity contribution in [1.29, 1.82) is 0 Å². The summed E-state index contributed by atoms with van der Waals surface area (Å²) in [6.07, 6.45) is 7.90. The molecule has 0 radical (unpaired) electrons. The third-order valence-corrected chi connectivity index (χ3v) is 6.55. The van der Waals surface area contributed by atoms with E-state index >= 15 is 0 Å². The highest BCUT2D eigenvalue weighted by molar-refractivity contribution is 7.18. The molecular formula is C20H20N6O2S. The van der Waals surface area contributed by atoms with Crippen molar-refractivity contribution < 1.29 is 4.79 Å². The van der Waals surface area contributed by atoms with E-state index in [-0.39, 0.29) is 24.4 Å². The molecule has 0 aromatic carbocycles. The predicted octanol–water partition coefficient (Wildman–Crippen LogP) is 2.09. The van der Waals surface area contributed by atoms with Crippen LogP contribution in [0.15, 0.2) is 35.5 Å². The van der Waals surface area contributed by atoms with Gasteiger partial charge >= 0.3 is 0 Å². The van der Waals surface area contributed by atoms with Crippen molar-refractivity contribution >= 4 is 33.1 Å². The topological polar surface area (TPSA) is 94.2 Å². The van der Waals surface area contributed by atoms with Crippen LogP contribution >= 0.6 is 11.3 Å². The predicted molar refractivity (Wildman–Crippen MR) is 110 cm³/mol. The Balaban J connectivity index is 1.27. The van der Waals surface area contributed by atoms with Gasteiger partial charge in [0.15, 0.2) is 11.5 Å². The molecule has 4 aromatic heterocycles. The van der Waals surface area contributed by atoms with Crippen LogP contribution in [-0.2, 0) is 30.7 Å². The monoisotopic (exact) mass is 408 g/mol. The third kappa shape index (κ3) is 3.31. The first-order valence-electron chi connectivity index (χ1n) is 9.76. The Bertz CT molecular complexity index is 1270. The Kier molecular flexibility index (Phi) is 4.59. The van der Waals surface area contributed by atoms with E-state index in [0.29, 0.717) is 12.4 Å². The summed E-state index contributed by atoms with van der Waals surface area (Å²) in [6.45, 7) is 0.590. The summed E-state index contributed by atoms with van der Waals surface area (Å²) >= 11 is 1.64. The molecule has 0 spiro atoms. The molecule has 148 valence electrons. The molecule has 0 aliphatic heterocycles. The third-order valence-electron chi connectivity index (χ3n) is 5.35. The van der Waals surface area contributed by atoms with Crippen molar-refractivity contribution in [3.63, 3.8) is 0 Å². The number of aryl methyl sites for hydroxylation is 3. The Morgan fingerprint density at radius 1 is 1.21 bits per heavy atom. The summed E-state index contributed by atoms with van der Waals surface area (Å²) in [7, 11) is 0. The maximum Gasteiger partial charge on any atom is 0.262 e. The lowest BCUT2D eigenvalue weighted by atomic mass is 9.97. The molecule has 0 saturated heterocycles. The minimum absolute atomic E-state index is 0.0364. The zero-order chi connectivity index (χ0) is 19.8. The van der Waals surface area contributed by atoms with E-state index in [9.17, 15) is 9.59 Å². The quantitative estimate of drug-likeness (QED) is 0.546. The maximum atomic E-state index is 12.9. The average molecular weight is 408 g/mol. The molecule has 0 fully saturated rings. The first-order valence-corrected chi connectivity index (χ1v) is 10.6. The van der Waals surface area contributed by atoms with Gasteiger partial charge in [0.25, 0.3) is 5.56 Å². The zero-order valence-electron chi connectivity index (χ0n) is 15.8. The van der Waals surface area contributed by atoms with E-state index in [2.05, 4.69) is 20.5 Å². The van der Waals surface area contributed by atoms with E-state index in [1.54, 1.807) is 22.2 Å². The van der Waals surface area contributed by atoms with Gasteiger partial charge in [-0.25, -0.2) is 4.98 Å². The summed E-state index contributed by atoms with van der Waals surface area (Å²) < 4.78 is 3.39. The molecule has 4 heterocycles. The second kappa shape index (κ2) is 7.40. The summed E-state index contributed by atoms with van der Waals surface area (Å²) in [4.78, 5) is 31.8. The zero-order valence-corrected chi connectivity index (χ0v) is 16.6. The van der Waals surface area contributed by atoms with Crippen LogP contribution in [0.4, 0.5) is 0 Å². The minimum atomic E-state index is -0.142. The lowest BCUT2D eigenvalue weighted by Crippen LogP contribution is -2.28. The molecule has 9 heteroatoms. The molecule has 8 nitrogen and oxygen atoms in total. The number of amides is 1. The Morgan fingerprint density at radius 2 is 2.10 bits per heavy atom. The number of carbonyl (C=O) groups excluding carboxylic acids is 1. The van der Waals surface area contributed by atoms with Crippen LogP contribution in [0.2, 0.25) is 0 Å². The minimum Gasteiger partial charge on any atom is -0.349 e. The van der Waals surface area contributed by atoms with Crippen molar-refractivity contribution in [3.8, 4) is 0 Å². The number of aromatic nitrogens is 5. The number of nitrogens with one attached hydrogen (secondary N) is 1. The lowest BCUT2D eigenvalue weighted by molar-refractivity contribution is -0.121. The SMILES string of the molecule is O=C(CCn1cnc2sc3c(c2c1=O)CCCC3)NCc1nnc2ccccn12. The van der Waals surface area contributed by atoms with Crippen LogP contribution in [0.1, 0.15) is 35.5 Å². The van der Waals surface area contributed by atoms with Crippen molar-refractivity contribution in [2.75, 3.05) is 0 Å². The second-order valence-corrected chi connectivity index (χ2v) is 8.29. The fraction of sp³-hybridized carbons (Fsp3) is 0.350. The van der Waals surface area contributed by atoms with Crippen LogP contribution in [0.25, 0.3) is 15.9 Å². The van der Waals surface area contributed by atoms with Crippen LogP contribution < -0.4 is 10.9 Å². The van der Waals surface area contributed by atoms with Crippen molar-refractivity contribution in [1.82, 2.24) is 29.5 Å². The number of nitrogens with zero attached hydrogens (tertiary/aromatic N) is 5. The number of rotatable bonds is 5. The van der Waals surface area contributed by atoms with Gasteiger partial charge in [0, 0.05) is 24.0 Å². The highest BCUT2D eigenvalue weighted by Gasteiger charge is 2.20. The number of hydrogen-bond acceptors (Lipinski definition) is 6. The van der Waals surface area contributed by atoms with E-state index in [4.69, 9.17) is 0 Å². The van der Waals surface area contributed by atoms with Gasteiger partial charge in [-0.05, 0) is 43.4 Å². The summed E-state index contributed by atoms with van der Waals surface area (Å²) in [5.74, 6) is 0.524. The van der Waals surface area contributed by atoms with Crippen LogP contribution in [-0.4, -0.2) is 30.1 Å². The highest BCUT2D eigenvalue weighted by Crippen LogP contribution is 2.33. The average Bonchev–Trinajstić information content (AvgIpc) is 3.33. The number of fused-ring (bicyclic) bond motifs is 4. The highest BCUT2D eigenvalue weighted by atomic mass is 32.1. The van der Waals surface area contributed by atoms with Gasteiger partial charge in [-0.3, -0.25) is 18.6 Å². The molecule has 1 amide bonds. The van der Waals surface area contributed by atoms with Gasteiger partial charge < -0.3 is 5.32 Å². The molecule has 0 atom stereocenters. The standard InChI is InChI=1S/C20H20N6O2S/c27-17(21-11-16-24-23-15-7-3-4-9-26(15)16)8-10-25-12-22-19-18(20(25)28)13-5-1-2-6-14(13)29-19/h3-4,7,9,12H,1-2,5-6,8,10-11H2,(H,21,27). The van der Waals surface area contributed by atoms with Crippen LogP contribution in [0.5, 0.6) is 0 Å². The molecule has 1 aliphatic rings. The molecule has 0 unspecified atom stereocenters. The lowest BCUT2D eigenvalue weighted by Gasteiger charge is -2.10. The van der Waals surface area contributed by atoms with E-state index in [0.717, 1.165) is 35.1 Å². The van der Waals surface area contributed by atoms with E-state index in [1.165, 1.54) is 16.9 Å². The Morgan fingerprint density at radius 3 is 3.03 bits per heavy atom. The molecule has 0 saturated carbocycles. The van der Waals surface area contributed by atoms with E-state index in [1.807, 2.05) is 28.8 Å². The second-order valence-electron chi connectivity index (χ2n) is 7.21. The molecule has 1 aliphatic carbocycles. The van der Waals surface area contributed by atoms with Gasteiger partial charge in [-0.2, -0.15) is 0 Å². The first kappa shape index (κ1) is 18.0. The molecule has 1 N–H and O–H groups in total. The van der Waals surface area contributed by atoms with Crippen molar-refractivity contribution in [2.24, 2.45) is 0 Å². The van der Waals surface area contributed by atoms with Crippen molar-refractivity contribution in [3.05, 3.63) is 57.3 Å². The fourth-order valence-corrected chi connectivity index (χ4v) is 5.06. The van der Waals surface area contributed by atoms with Gasteiger partial charge in [0.2, 0.25) is 5.91 Å². The Hall–Kier alpha value is -3.07. The summed E-state index contributed by atoms with van der Waals surface area (Å²) in [6, 6.07) is 5.64.